The zero-order chi connectivity index (χ0) is 28.7. The van der Waals surface area contributed by atoms with Crippen molar-refractivity contribution in [2.45, 2.75) is 32.9 Å². The first-order valence-electron chi connectivity index (χ1n) is 13.3. The van der Waals surface area contributed by atoms with Crippen LogP contribution in [-0.2, 0) is 32.6 Å². The number of aryl methyl sites for hydroxylation is 1. The summed E-state index contributed by atoms with van der Waals surface area (Å²) in [6, 6.07) is 29.2. The van der Waals surface area contributed by atoms with Gasteiger partial charge < -0.3 is 10.2 Å². The Morgan fingerprint density at radius 2 is 1.50 bits per heavy atom. The molecule has 208 valence electrons. The smallest absolute Gasteiger partial charge is 0.244 e. The van der Waals surface area contributed by atoms with Crippen LogP contribution in [0.1, 0.15) is 23.6 Å². The van der Waals surface area contributed by atoms with E-state index >= 15 is 0 Å². The number of nitrogens with one attached hydrogen (secondary N) is 1. The van der Waals surface area contributed by atoms with Crippen molar-refractivity contribution in [1.29, 1.82) is 0 Å². The Bertz CT molecular complexity index is 1580. The molecular weight excluding hydrogens is 522 g/mol. The minimum atomic E-state index is -3.85. The molecule has 0 aliphatic heterocycles. The van der Waals surface area contributed by atoms with Gasteiger partial charge in [-0.25, -0.2) is 8.42 Å². The predicted octanol–water partition coefficient (Wildman–Crippen LogP) is 4.69. The Balaban J connectivity index is 1.78. The Morgan fingerprint density at radius 1 is 0.850 bits per heavy atom. The topological polar surface area (TPSA) is 86.8 Å². The highest BCUT2D eigenvalue weighted by atomic mass is 32.2. The number of nitrogens with zero attached hydrogens (tertiary/aromatic N) is 2. The van der Waals surface area contributed by atoms with Gasteiger partial charge in [0.1, 0.15) is 12.6 Å². The van der Waals surface area contributed by atoms with Crippen molar-refractivity contribution in [3.05, 3.63) is 114 Å². The maximum absolute atomic E-state index is 14.2. The zero-order valence-electron chi connectivity index (χ0n) is 23.1. The summed E-state index contributed by atoms with van der Waals surface area (Å²) in [6.45, 7) is 3.91. The lowest BCUT2D eigenvalue weighted by Crippen LogP contribution is -2.53. The lowest BCUT2D eigenvalue weighted by molar-refractivity contribution is -0.140. The van der Waals surface area contributed by atoms with Crippen molar-refractivity contribution < 1.29 is 18.0 Å². The summed E-state index contributed by atoms with van der Waals surface area (Å²) in [6.07, 6.45) is 1.39. The fraction of sp³-hybridized carbons (Fsp3) is 0.250. The van der Waals surface area contributed by atoms with Crippen LogP contribution < -0.4 is 9.62 Å². The van der Waals surface area contributed by atoms with E-state index < -0.39 is 28.5 Å². The Labute approximate surface area is 236 Å². The summed E-state index contributed by atoms with van der Waals surface area (Å²) >= 11 is 0. The number of fused-ring (bicyclic) bond motifs is 1. The van der Waals surface area contributed by atoms with Crippen LogP contribution in [0.25, 0.3) is 10.8 Å². The van der Waals surface area contributed by atoms with E-state index in [0.717, 1.165) is 38.0 Å². The van der Waals surface area contributed by atoms with Crippen LogP contribution in [0.2, 0.25) is 0 Å². The molecule has 40 heavy (non-hydrogen) atoms. The number of sulfonamides is 1. The SMILES string of the molecule is CCNC(=O)C(Cc1ccccc1)N(Cc1ccccc1C)C(=O)CN(c1cccc2ccccc12)S(C)(=O)=O. The molecule has 4 rings (SSSR count). The number of amides is 2. The van der Waals surface area contributed by atoms with E-state index in [1.54, 1.807) is 12.1 Å². The molecule has 4 aromatic carbocycles. The summed E-state index contributed by atoms with van der Waals surface area (Å²) in [7, 11) is -3.85. The fourth-order valence-corrected chi connectivity index (χ4v) is 5.70. The molecule has 0 spiro atoms. The van der Waals surface area contributed by atoms with Crippen LogP contribution in [0, 0.1) is 6.92 Å². The molecular formula is C32H35N3O4S. The van der Waals surface area contributed by atoms with Crippen LogP contribution in [0.15, 0.2) is 97.1 Å². The molecule has 0 fully saturated rings. The van der Waals surface area contributed by atoms with Gasteiger partial charge in [0, 0.05) is 24.9 Å². The van der Waals surface area contributed by atoms with Gasteiger partial charge in [-0.15, -0.1) is 0 Å². The average molecular weight is 558 g/mol. The van der Waals surface area contributed by atoms with Gasteiger partial charge in [0.15, 0.2) is 0 Å². The van der Waals surface area contributed by atoms with Crippen molar-refractivity contribution in [2.24, 2.45) is 0 Å². The lowest BCUT2D eigenvalue weighted by Gasteiger charge is -2.34. The van der Waals surface area contributed by atoms with E-state index in [4.69, 9.17) is 0 Å². The van der Waals surface area contributed by atoms with Gasteiger partial charge >= 0.3 is 0 Å². The third-order valence-corrected chi connectivity index (χ3v) is 8.07. The van der Waals surface area contributed by atoms with Crippen LogP contribution >= 0.6 is 0 Å². The molecule has 1 atom stereocenters. The lowest BCUT2D eigenvalue weighted by atomic mass is 10.0. The first-order valence-corrected chi connectivity index (χ1v) is 15.1. The summed E-state index contributed by atoms with van der Waals surface area (Å²) < 4.78 is 27.4. The van der Waals surface area contributed by atoms with Crippen LogP contribution in [0.4, 0.5) is 5.69 Å². The van der Waals surface area contributed by atoms with Gasteiger partial charge in [-0.2, -0.15) is 0 Å². The van der Waals surface area contributed by atoms with E-state index in [0.29, 0.717) is 12.2 Å². The first-order chi connectivity index (χ1) is 19.2. The number of hydrogen-bond acceptors (Lipinski definition) is 4. The van der Waals surface area contributed by atoms with E-state index in [2.05, 4.69) is 5.32 Å². The monoisotopic (exact) mass is 557 g/mol. The van der Waals surface area contributed by atoms with Crippen molar-refractivity contribution in [3.8, 4) is 0 Å². The molecule has 2 amide bonds. The average Bonchev–Trinajstić information content (AvgIpc) is 2.94. The summed E-state index contributed by atoms with van der Waals surface area (Å²) in [5, 5.41) is 4.46. The van der Waals surface area contributed by atoms with Gasteiger partial charge in [-0.3, -0.25) is 13.9 Å². The highest BCUT2D eigenvalue weighted by Gasteiger charge is 2.33. The maximum atomic E-state index is 14.2. The highest BCUT2D eigenvalue weighted by Crippen LogP contribution is 2.29. The third kappa shape index (κ3) is 6.87. The quantitative estimate of drug-likeness (QED) is 0.290. The predicted molar refractivity (Wildman–Crippen MR) is 160 cm³/mol. The van der Waals surface area contributed by atoms with E-state index in [1.807, 2.05) is 98.8 Å². The second-order valence-electron chi connectivity index (χ2n) is 9.82. The second kappa shape index (κ2) is 12.8. The number of rotatable bonds is 11. The minimum absolute atomic E-state index is 0.160. The Hall–Kier alpha value is -4.17. The first kappa shape index (κ1) is 28.8. The number of anilines is 1. The van der Waals surface area contributed by atoms with Crippen molar-refractivity contribution in [1.82, 2.24) is 10.2 Å². The van der Waals surface area contributed by atoms with Crippen molar-refractivity contribution in [3.63, 3.8) is 0 Å². The van der Waals surface area contributed by atoms with E-state index in [9.17, 15) is 18.0 Å². The number of likely N-dealkylation sites (N-methyl/N-ethyl adjacent to an activating group) is 1. The van der Waals surface area contributed by atoms with Gasteiger partial charge in [0.25, 0.3) is 0 Å². The minimum Gasteiger partial charge on any atom is -0.355 e. The number of carbonyl (C=O) groups is 2. The fourth-order valence-electron chi connectivity index (χ4n) is 4.84. The number of benzene rings is 4. The molecule has 8 heteroatoms. The number of hydrogen-bond donors (Lipinski definition) is 1. The van der Waals surface area contributed by atoms with E-state index in [-0.39, 0.29) is 18.9 Å². The van der Waals surface area contributed by atoms with Gasteiger partial charge in [-0.05, 0) is 42.0 Å². The van der Waals surface area contributed by atoms with Crippen molar-refractivity contribution in [2.75, 3.05) is 23.7 Å². The Kier molecular flexibility index (Phi) is 9.22. The largest absolute Gasteiger partial charge is 0.355 e. The standard InChI is InChI=1S/C32H35N3O4S/c1-4-33-32(37)30(21-25-14-6-5-7-15-25)34(22-27-17-9-8-13-24(27)2)31(36)23-35(40(3,38)39)29-20-12-18-26-16-10-11-19-28(26)29/h5-20,30H,4,21-23H2,1-3H3,(H,33,37). The van der Waals surface area contributed by atoms with Crippen molar-refractivity contribution >= 4 is 38.3 Å². The van der Waals surface area contributed by atoms with Gasteiger partial charge in [0.05, 0.1) is 11.9 Å². The summed E-state index contributed by atoms with van der Waals surface area (Å²) in [5.41, 5.74) is 3.18. The van der Waals surface area contributed by atoms with Crippen LogP contribution in [0.3, 0.4) is 0 Å². The molecule has 0 radical (unpaired) electrons. The molecule has 0 aliphatic carbocycles. The molecule has 0 heterocycles. The third-order valence-electron chi connectivity index (χ3n) is 6.94. The molecule has 4 aromatic rings. The molecule has 7 nitrogen and oxygen atoms in total. The van der Waals surface area contributed by atoms with Gasteiger partial charge in [0.2, 0.25) is 21.8 Å². The van der Waals surface area contributed by atoms with Gasteiger partial charge in [-0.1, -0.05) is 91.0 Å². The summed E-state index contributed by atoms with van der Waals surface area (Å²) in [4.78, 5) is 29.2. The second-order valence-corrected chi connectivity index (χ2v) is 11.7. The molecule has 0 bridgehead atoms. The normalized spacial score (nSPS) is 12.1. The Morgan fingerprint density at radius 3 is 2.20 bits per heavy atom. The van der Waals surface area contributed by atoms with E-state index in [1.165, 1.54) is 4.90 Å². The molecule has 0 aromatic heterocycles. The zero-order valence-corrected chi connectivity index (χ0v) is 23.9. The molecule has 0 saturated heterocycles. The highest BCUT2D eigenvalue weighted by molar-refractivity contribution is 7.92. The molecule has 0 saturated carbocycles. The maximum Gasteiger partial charge on any atom is 0.244 e. The summed E-state index contributed by atoms with van der Waals surface area (Å²) in [5.74, 6) is -0.752. The molecule has 0 aliphatic rings. The van der Waals surface area contributed by atoms with Crippen LogP contribution in [0.5, 0.6) is 0 Å². The van der Waals surface area contributed by atoms with Crippen LogP contribution in [-0.4, -0.2) is 50.5 Å². The number of carbonyl (C=O) groups excluding carboxylic acids is 2. The molecule has 1 N–H and O–H groups in total. The molecule has 1 unspecified atom stereocenters.